The summed E-state index contributed by atoms with van der Waals surface area (Å²) in [6.07, 6.45) is 5.01. The Morgan fingerprint density at radius 3 is 2.38 bits per heavy atom. The van der Waals surface area contributed by atoms with Gasteiger partial charge in [0.2, 0.25) is 0 Å². The van der Waals surface area contributed by atoms with Crippen LogP contribution in [-0.2, 0) is 9.53 Å². The van der Waals surface area contributed by atoms with Crippen molar-refractivity contribution in [2.24, 2.45) is 5.92 Å². The number of nitrogens with zero attached hydrogens (tertiary/aromatic N) is 2. The number of amides is 1. The van der Waals surface area contributed by atoms with Crippen molar-refractivity contribution in [3.8, 4) is 0 Å². The van der Waals surface area contributed by atoms with Gasteiger partial charge in [0, 0.05) is 25.0 Å². The summed E-state index contributed by atoms with van der Waals surface area (Å²) in [4.78, 5) is 27.6. The third-order valence-electron chi connectivity index (χ3n) is 4.84. The van der Waals surface area contributed by atoms with Gasteiger partial charge in [-0.25, -0.2) is 4.79 Å². The van der Waals surface area contributed by atoms with Crippen LogP contribution in [0.4, 0.5) is 4.79 Å². The number of likely N-dealkylation sites (tertiary alicyclic amines) is 2. The largest absolute Gasteiger partial charge is 0.450 e. The predicted octanol–water partition coefficient (Wildman–Crippen LogP) is 2.30. The Bertz CT molecular complexity index is 365. The first-order chi connectivity index (χ1) is 10.1. The molecule has 0 radical (unpaired) electrons. The molecule has 5 heteroatoms. The van der Waals surface area contributed by atoms with Gasteiger partial charge in [-0.3, -0.25) is 4.79 Å². The highest BCUT2D eigenvalue weighted by Crippen LogP contribution is 2.24. The Balaban J connectivity index is 1.81. The fourth-order valence-electron chi connectivity index (χ4n) is 3.51. The standard InChI is InChI=1S/C16H28N2O3/c1-3-21-16(20)18-9-4-5-15(8-12-18)17-10-6-14(7-11-17)13(2)19/h14-15H,3-12H2,1-2H3. The van der Waals surface area contributed by atoms with E-state index in [4.69, 9.17) is 4.74 Å². The molecule has 0 bridgehead atoms. The molecule has 5 nitrogen and oxygen atoms in total. The molecule has 2 aliphatic heterocycles. The third kappa shape index (κ3) is 4.43. The molecule has 2 saturated heterocycles. The summed E-state index contributed by atoms with van der Waals surface area (Å²) in [5, 5.41) is 0. The van der Waals surface area contributed by atoms with Gasteiger partial charge in [0.05, 0.1) is 6.61 Å². The van der Waals surface area contributed by atoms with Crippen molar-refractivity contribution in [2.45, 2.75) is 52.0 Å². The maximum atomic E-state index is 11.8. The second-order valence-electron chi connectivity index (χ2n) is 6.19. The first-order valence-corrected chi connectivity index (χ1v) is 8.28. The van der Waals surface area contributed by atoms with Gasteiger partial charge >= 0.3 is 6.09 Å². The molecule has 1 unspecified atom stereocenters. The lowest BCUT2D eigenvalue weighted by atomic mass is 9.91. The highest BCUT2D eigenvalue weighted by atomic mass is 16.6. The number of carbonyl (C=O) groups excluding carboxylic acids is 2. The van der Waals surface area contributed by atoms with Crippen LogP contribution in [0.25, 0.3) is 0 Å². The zero-order valence-electron chi connectivity index (χ0n) is 13.3. The second-order valence-corrected chi connectivity index (χ2v) is 6.19. The van der Waals surface area contributed by atoms with Crippen LogP contribution in [0.3, 0.4) is 0 Å². The van der Waals surface area contributed by atoms with Gasteiger partial charge < -0.3 is 14.5 Å². The van der Waals surface area contributed by atoms with Gasteiger partial charge in [0.15, 0.2) is 0 Å². The summed E-state index contributed by atoms with van der Waals surface area (Å²) in [7, 11) is 0. The fourth-order valence-corrected chi connectivity index (χ4v) is 3.51. The summed E-state index contributed by atoms with van der Waals surface area (Å²) in [6.45, 7) is 7.64. The predicted molar refractivity (Wildman–Crippen MR) is 81.2 cm³/mol. The monoisotopic (exact) mass is 296 g/mol. The number of hydrogen-bond acceptors (Lipinski definition) is 4. The first-order valence-electron chi connectivity index (χ1n) is 8.28. The van der Waals surface area contributed by atoms with Crippen LogP contribution in [0.5, 0.6) is 0 Å². The normalized spacial score (nSPS) is 25.4. The molecule has 0 aromatic heterocycles. The van der Waals surface area contributed by atoms with E-state index in [0.29, 0.717) is 18.4 Å². The highest BCUT2D eigenvalue weighted by Gasteiger charge is 2.29. The number of rotatable bonds is 3. The van der Waals surface area contributed by atoms with E-state index in [1.165, 1.54) is 0 Å². The molecular formula is C16H28N2O3. The zero-order chi connectivity index (χ0) is 15.2. The molecule has 0 aliphatic carbocycles. The molecule has 0 spiro atoms. The van der Waals surface area contributed by atoms with Crippen molar-refractivity contribution in [3.05, 3.63) is 0 Å². The number of piperidine rings is 1. The van der Waals surface area contributed by atoms with Gasteiger partial charge in [0.25, 0.3) is 0 Å². The van der Waals surface area contributed by atoms with E-state index >= 15 is 0 Å². The summed E-state index contributed by atoms with van der Waals surface area (Å²) in [6, 6.07) is 0.553. The number of ketones is 1. The van der Waals surface area contributed by atoms with Crippen LogP contribution in [0, 0.1) is 5.92 Å². The molecule has 120 valence electrons. The van der Waals surface area contributed by atoms with Crippen molar-refractivity contribution in [1.29, 1.82) is 0 Å². The maximum Gasteiger partial charge on any atom is 0.409 e. The molecule has 1 amide bonds. The van der Waals surface area contributed by atoms with Gasteiger partial charge in [-0.1, -0.05) is 0 Å². The van der Waals surface area contributed by atoms with Crippen LogP contribution in [0.1, 0.15) is 46.0 Å². The number of ether oxygens (including phenoxy) is 1. The number of Topliss-reactive ketones (excluding diaryl/α,β-unsaturated/α-hetero) is 1. The van der Waals surface area contributed by atoms with E-state index in [-0.39, 0.29) is 12.0 Å². The molecule has 0 aromatic rings. The second kappa shape index (κ2) is 7.78. The minimum absolute atomic E-state index is 0.173. The van der Waals surface area contributed by atoms with Crippen LogP contribution in [0.2, 0.25) is 0 Å². The Morgan fingerprint density at radius 1 is 1.05 bits per heavy atom. The summed E-state index contributed by atoms with van der Waals surface area (Å²) in [5.74, 6) is 0.604. The van der Waals surface area contributed by atoms with E-state index in [1.807, 2.05) is 11.8 Å². The van der Waals surface area contributed by atoms with Crippen LogP contribution < -0.4 is 0 Å². The molecule has 21 heavy (non-hydrogen) atoms. The Labute approximate surface area is 127 Å². The van der Waals surface area contributed by atoms with E-state index in [1.54, 1.807) is 6.92 Å². The molecule has 2 rings (SSSR count). The average Bonchev–Trinajstić information content (AvgIpc) is 2.73. The van der Waals surface area contributed by atoms with Gasteiger partial charge in [-0.2, -0.15) is 0 Å². The van der Waals surface area contributed by atoms with E-state index in [2.05, 4.69) is 4.90 Å². The van der Waals surface area contributed by atoms with E-state index in [0.717, 1.165) is 58.3 Å². The van der Waals surface area contributed by atoms with Gasteiger partial charge in [0.1, 0.15) is 5.78 Å². The van der Waals surface area contributed by atoms with Crippen molar-refractivity contribution < 1.29 is 14.3 Å². The van der Waals surface area contributed by atoms with E-state index in [9.17, 15) is 9.59 Å². The quantitative estimate of drug-likeness (QED) is 0.802. The number of carbonyl (C=O) groups is 2. The molecule has 0 aromatic carbocycles. The molecule has 2 fully saturated rings. The maximum absolute atomic E-state index is 11.8. The Morgan fingerprint density at radius 2 is 1.76 bits per heavy atom. The molecule has 0 saturated carbocycles. The fraction of sp³-hybridized carbons (Fsp3) is 0.875. The minimum Gasteiger partial charge on any atom is -0.450 e. The van der Waals surface area contributed by atoms with Crippen molar-refractivity contribution in [1.82, 2.24) is 9.80 Å². The Kier molecular flexibility index (Phi) is 6.03. The lowest BCUT2D eigenvalue weighted by Gasteiger charge is -2.36. The average molecular weight is 296 g/mol. The first kappa shape index (κ1) is 16.3. The smallest absolute Gasteiger partial charge is 0.409 e. The summed E-state index contributed by atoms with van der Waals surface area (Å²) >= 11 is 0. The molecule has 2 aliphatic rings. The van der Waals surface area contributed by atoms with Crippen molar-refractivity contribution in [2.75, 3.05) is 32.8 Å². The third-order valence-corrected chi connectivity index (χ3v) is 4.84. The van der Waals surface area contributed by atoms with Crippen LogP contribution in [-0.4, -0.2) is 60.5 Å². The SMILES string of the molecule is CCOC(=O)N1CCCC(N2CCC(C(C)=O)CC2)CC1. The van der Waals surface area contributed by atoms with Crippen molar-refractivity contribution in [3.63, 3.8) is 0 Å². The topological polar surface area (TPSA) is 49.9 Å². The van der Waals surface area contributed by atoms with Gasteiger partial charge in [-0.15, -0.1) is 0 Å². The molecule has 1 atom stereocenters. The van der Waals surface area contributed by atoms with Crippen molar-refractivity contribution >= 4 is 11.9 Å². The number of hydrogen-bond donors (Lipinski definition) is 0. The summed E-state index contributed by atoms with van der Waals surface area (Å²) in [5.41, 5.74) is 0. The highest BCUT2D eigenvalue weighted by molar-refractivity contribution is 5.78. The lowest BCUT2D eigenvalue weighted by molar-refractivity contribution is -0.122. The molecule has 0 N–H and O–H groups in total. The minimum atomic E-state index is -0.173. The van der Waals surface area contributed by atoms with Crippen LogP contribution in [0.15, 0.2) is 0 Å². The molecule has 2 heterocycles. The summed E-state index contributed by atoms with van der Waals surface area (Å²) < 4.78 is 5.09. The zero-order valence-corrected chi connectivity index (χ0v) is 13.3. The van der Waals surface area contributed by atoms with Crippen LogP contribution >= 0.6 is 0 Å². The molecular weight excluding hydrogens is 268 g/mol. The van der Waals surface area contributed by atoms with E-state index < -0.39 is 0 Å². The lowest BCUT2D eigenvalue weighted by Crippen LogP contribution is -2.43. The van der Waals surface area contributed by atoms with Gasteiger partial charge in [-0.05, 0) is 59.0 Å². The Hall–Kier alpha value is -1.10.